The lowest BCUT2D eigenvalue weighted by Crippen LogP contribution is -2.34. The summed E-state index contributed by atoms with van der Waals surface area (Å²) in [6.07, 6.45) is 0.320. The summed E-state index contributed by atoms with van der Waals surface area (Å²) < 4.78 is 0. The summed E-state index contributed by atoms with van der Waals surface area (Å²) in [5.74, 6) is 0.547. The predicted octanol–water partition coefficient (Wildman–Crippen LogP) is 1.47. The van der Waals surface area contributed by atoms with Crippen LogP contribution < -0.4 is 5.32 Å². The second-order valence-electron chi connectivity index (χ2n) is 4.25. The van der Waals surface area contributed by atoms with Gasteiger partial charge in [-0.2, -0.15) is 12.6 Å². The Kier molecular flexibility index (Phi) is 7.03. The molecule has 2 amide bonds. The Balaban J connectivity index is 2.45. The highest BCUT2D eigenvalue weighted by Crippen LogP contribution is 2.05. The maximum Gasteiger partial charge on any atom is 0.221 e. The largest absolute Gasteiger partial charge is 0.355 e. The Labute approximate surface area is 119 Å². The average molecular weight is 280 g/mol. The highest BCUT2D eigenvalue weighted by Gasteiger charge is 2.11. The molecule has 19 heavy (non-hydrogen) atoms. The van der Waals surface area contributed by atoms with Crippen LogP contribution in [-0.4, -0.2) is 35.6 Å². The third-order valence-electron chi connectivity index (χ3n) is 2.70. The molecule has 0 saturated heterocycles. The minimum absolute atomic E-state index is 0.0224. The zero-order chi connectivity index (χ0) is 14.1. The molecule has 0 aromatic heterocycles. The smallest absolute Gasteiger partial charge is 0.221 e. The summed E-state index contributed by atoms with van der Waals surface area (Å²) in [6, 6.07) is 9.75. The zero-order valence-electron chi connectivity index (χ0n) is 11.1. The molecule has 0 saturated carbocycles. The van der Waals surface area contributed by atoms with Crippen molar-refractivity contribution in [3.8, 4) is 0 Å². The zero-order valence-corrected chi connectivity index (χ0v) is 12.0. The van der Waals surface area contributed by atoms with Crippen LogP contribution in [0.5, 0.6) is 0 Å². The van der Waals surface area contributed by atoms with E-state index in [0.29, 0.717) is 31.8 Å². The summed E-state index contributed by atoms with van der Waals surface area (Å²) >= 11 is 4.02. The normalized spacial score (nSPS) is 10.0. The van der Waals surface area contributed by atoms with Crippen molar-refractivity contribution in [2.24, 2.45) is 0 Å². The Morgan fingerprint density at radius 2 is 1.95 bits per heavy atom. The quantitative estimate of drug-likeness (QED) is 0.743. The molecule has 0 bridgehead atoms. The van der Waals surface area contributed by atoms with Gasteiger partial charge in [0.05, 0.1) is 0 Å². The third-order valence-corrected chi connectivity index (χ3v) is 2.93. The molecule has 104 valence electrons. The van der Waals surface area contributed by atoms with Crippen molar-refractivity contribution in [2.75, 3.05) is 18.8 Å². The van der Waals surface area contributed by atoms with Gasteiger partial charge in [0.2, 0.25) is 11.8 Å². The Morgan fingerprint density at radius 3 is 2.53 bits per heavy atom. The van der Waals surface area contributed by atoms with E-state index in [1.165, 1.54) is 6.92 Å². The summed E-state index contributed by atoms with van der Waals surface area (Å²) in [5.41, 5.74) is 1.06. The molecule has 0 heterocycles. The Bertz CT molecular complexity index is 409. The topological polar surface area (TPSA) is 49.4 Å². The van der Waals surface area contributed by atoms with Crippen LogP contribution in [0.3, 0.4) is 0 Å². The van der Waals surface area contributed by atoms with Crippen LogP contribution in [0.2, 0.25) is 0 Å². The average Bonchev–Trinajstić information content (AvgIpc) is 2.41. The van der Waals surface area contributed by atoms with Gasteiger partial charge in [0, 0.05) is 38.7 Å². The Hall–Kier alpha value is -1.49. The lowest BCUT2D eigenvalue weighted by Gasteiger charge is -2.20. The van der Waals surface area contributed by atoms with E-state index in [9.17, 15) is 9.59 Å². The Morgan fingerprint density at radius 1 is 1.26 bits per heavy atom. The second-order valence-corrected chi connectivity index (χ2v) is 4.70. The van der Waals surface area contributed by atoms with Crippen molar-refractivity contribution in [3.63, 3.8) is 0 Å². The maximum absolute atomic E-state index is 11.6. The molecular formula is C14H20N2O2S. The van der Waals surface area contributed by atoms with Gasteiger partial charge in [0.15, 0.2) is 0 Å². The fraction of sp³-hybridized carbons (Fsp3) is 0.429. The van der Waals surface area contributed by atoms with Crippen LogP contribution in [0.15, 0.2) is 30.3 Å². The number of nitrogens with zero attached hydrogens (tertiary/aromatic N) is 1. The molecule has 0 fully saturated rings. The number of amides is 2. The number of hydrogen-bond acceptors (Lipinski definition) is 3. The number of rotatable bonds is 7. The van der Waals surface area contributed by atoms with Crippen LogP contribution in [0.1, 0.15) is 18.9 Å². The number of carbonyl (C=O) groups is 2. The molecule has 0 unspecified atom stereocenters. The lowest BCUT2D eigenvalue weighted by molar-refractivity contribution is -0.130. The molecule has 0 aliphatic carbocycles. The minimum Gasteiger partial charge on any atom is -0.355 e. The predicted molar refractivity (Wildman–Crippen MR) is 79.0 cm³/mol. The summed E-state index contributed by atoms with van der Waals surface area (Å²) in [6.45, 7) is 3.05. The van der Waals surface area contributed by atoms with Gasteiger partial charge in [0.25, 0.3) is 0 Å². The van der Waals surface area contributed by atoms with Gasteiger partial charge < -0.3 is 10.2 Å². The highest BCUT2D eigenvalue weighted by atomic mass is 32.1. The molecule has 0 radical (unpaired) electrons. The van der Waals surface area contributed by atoms with Crippen molar-refractivity contribution in [1.29, 1.82) is 0 Å². The third kappa shape index (κ3) is 6.29. The van der Waals surface area contributed by atoms with E-state index in [0.717, 1.165) is 5.56 Å². The van der Waals surface area contributed by atoms with Gasteiger partial charge in [0.1, 0.15) is 0 Å². The van der Waals surface area contributed by atoms with Crippen LogP contribution in [0.25, 0.3) is 0 Å². The first-order valence-electron chi connectivity index (χ1n) is 6.30. The van der Waals surface area contributed by atoms with E-state index in [-0.39, 0.29) is 11.8 Å². The number of nitrogens with one attached hydrogen (secondary N) is 1. The molecular weight excluding hydrogens is 260 g/mol. The van der Waals surface area contributed by atoms with Crippen LogP contribution in [-0.2, 0) is 16.1 Å². The van der Waals surface area contributed by atoms with Gasteiger partial charge in [-0.15, -0.1) is 0 Å². The van der Waals surface area contributed by atoms with E-state index in [4.69, 9.17) is 0 Å². The van der Waals surface area contributed by atoms with Crippen LogP contribution in [0.4, 0.5) is 0 Å². The number of thiol groups is 1. The molecule has 1 aromatic carbocycles. The molecule has 1 N–H and O–H groups in total. The minimum atomic E-state index is -0.0478. The van der Waals surface area contributed by atoms with E-state index in [1.54, 1.807) is 4.90 Å². The van der Waals surface area contributed by atoms with Gasteiger partial charge in [-0.25, -0.2) is 0 Å². The monoisotopic (exact) mass is 280 g/mol. The molecule has 5 heteroatoms. The molecule has 1 aromatic rings. The maximum atomic E-state index is 11.6. The van der Waals surface area contributed by atoms with Crippen molar-refractivity contribution in [3.05, 3.63) is 35.9 Å². The van der Waals surface area contributed by atoms with E-state index >= 15 is 0 Å². The fourth-order valence-corrected chi connectivity index (χ4v) is 1.78. The summed E-state index contributed by atoms with van der Waals surface area (Å²) in [5, 5.41) is 2.74. The van der Waals surface area contributed by atoms with E-state index < -0.39 is 0 Å². The van der Waals surface area contributed by atoms with Gasteiger partial charge in [-0.3, -0.25) is 9.59 Å². The van der Waals surface area contributed by atoms with Crippen molar-refractivity contribution in [1.82, 2.24) is 10.2 Å². The van der Waals surface area contributed by atoms with Crippen molar-refractivity contribution in [2.45, 2.75) is 19.9 Å². The molecule has 0 aliphatic heterocycles. The van der Waals surface area contributed by atoms with Crippen molar-refractivity contribution >= 4 is 24.4 Å². The molecule has 0 spiro atoms. The summed E-state index contributed by atoms with van der Waals surface area (Å²) in [7, 11) is 0. The fourth-order valence-electron chi connectivity index (χ4n) is 1.67. The molecule has 1 rings (SSSR count). The molecule has 0 aliphatic rings. The second kappa shape index (κ2) is 8.58. The van der Waals surface area contributed by atoms with Crippen LogP contribution >= 0.6 is 12.6 Å². The number of carbonyl (C=O) groups excluding carboxylic acids is 2. The van der Waals surface area contributed by atoms with E-state index in [1.807, 2.05) is 30.3 Å². The summed E-state index contributed by atoms with van der Waals surface area (Å²) in [4.78, 5) is 24.7. The highest BCUT2D eigenvalue weighted by molar-refractivity contribution is 7.80. The lowest BCUT2D eigenvalue weighted by atomic mass is 10.2. The standard InChI is InChI=1S/C14H20N2O2S/c1-12(17)16(9-7-14(18)15-8-10-19)11-13-5-3-2-4-6-13/h2-6,19H,7-11H2,1H3,(H,15,18). The van der Waals surface area contributed by atoms with Gasteiger partial charge in [-0.1, -0.05) is 30.3 Å². The first-order valence-corrected chi connectivity index (χ1v) is 6.93. The van der Waals surface area contributed by atoms with Gasteiger partial charge in [-0.05, 0) is 5.56 Å². The molecule has 0 atom stereocenters. The van der Waals surface area contributed by atoms with E-state index in [2.05, 4.69) is 17.9 Å². The van der Waals surface area contributed by atoms with Gasteiger partial charge >= 0.3 is 0 Å². The first kappa shape index (κ1) is 15.6. The SMILES string of the molecule is CC(=O)N(CCC(=O)NCCS)Cc1ccccc1. The van der Waals surface area contributed by atoms with Crippen LogP contribution in [0, 0.1) is 0 Å². The first-order chi connectivity index (χ1) is 9.13. The van der Waals surface area contributed by atoms with Crippen molar-refractivity contribution < 1.29 is 9.59 Å². The molecule has 4 nitrogen and oxygen atoms in total. The number of hydrogen-bond donors (Lipinski definition) is 2. The number of benzene rings is 1.